The van der Waals surface area contributed by atoms with E-state index in [0.29, 0.717) is 28.4 Å². The van der Waals surface area contributed by atoms with Gasteiger partial charge in [0, 0.05) is 23.3 Å². The zero-order valence-corrected chi connectivity index (χ0v) is 17.6. The number of esters is 1. The van der Waals surface area contributed by atoms with Crippen molar-refractivity contribution in [1.29, 1.82) is 0 Å². The number of carbonyl (C=O) groups excluding carboxylic acids is 2. The van der Waals surface area contributed by atoms with E-state index in [9.17, 15) is 9.59 Å². The largest absolute Gasteiger partial charge is 0.496 e. The predicted octanol–water partition coefficient (Wildman–Crippen LogP) is 4.08. The van der Waals surface area contributed by atoms with Crippen molar-refractivity contribution in [3.63, 3.8) is 0 Å². The first-order chi connectivity index (χ1) is 13.8. The molecule has 0 fully saturated rings. The van der Waals surface area contributed by atoms with Gasteiger partial charge in [-0.2, -0.15) is 0 Å². The highest BCUT2D eigenvalue weighted by atomic mass is 16.5. The molecule has 0 radical (unpaired) electrons. The maximum absolute atomic E-state index is 12.4. The number of aryl methyl sites for hydroxylation is 3. The fourth-order valence-electron chi connectivity index (χ4n) is 2.86. The summed E-state index contributed by atoms with van der Waals surface area (Å²) in [4.78, 5) is 24.5. The van der Waals surface area contributed by atoms with Gasteiger partial charge in [-0.1, -0.05) is 6.07 Å². The molecule has 0 aliphatic carbocycles. The van der Waals surface area contributed by atoms with Crippen LogP contribution in [-0.4, -0.2) is 39.7 Å². The second-order valence-corrected chi connectivity index (χ2v) is 6.56. The van der Waals surface area contributed by atoms with Crippen LogP contribution in [0.1, 0.15) is 32.6 Å². The fourth-order valence-corrected chi connectivity index (χ4v) is 2.86. The Morgan fingerprint density at radius 3 is 2.00 bits per heavy atom. The van der Waals surface area contributed by atoms with Crippen molar-refractivity contribution in [2.75, 3.05) is 27.9 Å². The maximum Gasteiger partial charge on any atom is 0.331 e. The zero-order valence-electron chi connectivity index (χ0n) is 17.6. The molecule has 0 aromatic heterocycles. The fraction of sp³-hybridized carbons (Fsp3) is 0.304. The van der Waals surface area contributed by atoms with Crippen molar-refractivity contribution >= 4 is 17.8 Å². The Hall–Kier alpha value is -3.28. The first-order valence-corrected chi connectivity index (χ1v) is 9.06. The molecule has 0 spiro atoms. The third kappa shape index (κ3) is 5.38. The van der Waals surface area contributed by atoms with Gasteiger partial charge in [0.15, 0.2) is 18.1 Å². The van der Waals surface area contributed by atoms with Crippen LogP contribution in [-0.2, 0) is 9.53 Å². The minimum Gasteiger partial charge on any atom is -0.496 e. The summed E-state index contributed by atoms with van der Waals surface area (Å²) in [5.74, 6) is 0.654. The topological polar surface area (TPSA) is 71.1 Å². The molecule has 0 bridgehead atoms. The third-order valence-corrected chi connectivity index (χ3v) is 4.62. The lowest BCUT2D eigenvalue weighted by Crippen LogP contribution is -2.14. The second kappa shape index (κ2) is 9.78. The molecule has 6 nitrogen and oxygen atoms in total. The number of ketones is 1. The van der Waals surface area contributed by atoms with Gasteiger partial charge in [0.05, 0.1) is 21.3 Å². The van der Waals surface area contributed by atoms with Gasteiger partial charge in [0.25, 0.3) is 0 Å². The van der Waals surface area contributed by atoms with Crippen LogP contribution in [0.4, 0.5) is 0 Å². The minimum atomic E-state index is -0.628. The Balaban J connectivity index is 2.08. The van der Waals surface area contributed by atoms with Gasteiger partial charge in [0.2, 0.25) is 5.78 Å². The van der Waals surface area contributed by atoms with E-state index < -0.39 is 5.97 Å². The number of hydrogen-bond donors (Lipinski definition) is 0. The molecule has 29 heavy (non-hydrogen) atoms. The number of hydrogen-bond acceptors (Lipinski definition) is 6. The van der Waals surface area contributed by atoms with Crippen molar-refractivity contribution in [2.24, 2.45) is 0 Å². The van der Waals surface area contributed by atoms with Crippen molar-refractivity contribution in [3.8, 4) is 17.2 Å². The second-order valence-electron chi connectivity index (χ2n) is 6.56. The van der Waals surface area contributed by atoms with Crippen LogP contribution in [0.5, 0.6) is 17.2 Å². The number of rotatable bonds is 8. The van der Waals surface area contributed by atoms with Crippen LogP contribution in [0, 0.1) is 20.8 Å². The lowest BCUT2D eigenvalue weighted by Gasteiger charge is -2.12. The molecule has 0 atom stereocenters. The van der Waals surface area contributed by atoms with Crippen LogP contribution >= 0.6 is 0 Å². The highest BCUT2D eigenvalue weighted by Gasteiger charge is 2.13. The number of benzene rings is 2. The molecule has 6 heteroatoms. The summed E-state index contributed by atoms with van der Waals surface area (Å²) in [5, 5.41) is 0. The maximum atomic E-state index is 12.4. The molecule has 154 valence electrons. The summed E-state index contributed by atoms with van der Waals surface area (Å²) in [6.07, 6.45) is 2.78. The molecule has 2 rings (SSSR count). The molecule has 2 aromatic carbocycles. The lowest BCUT2D eigenvalue weighted by molar-refractivity contribution is -0.136. The number of ether oxygens (including phenoxy) is 4. The van der Waals surface area contributed by atoms with E-state index in [1.54, 1.807) is 12.1 Å². The van der Waals surface area contributed by atoms with Gasteiger partial charge in [-0.3, -0.25) is 4.79 Å². The molecule has 0 saturated heterocycles. The van der Waals surface area contributed by atoms with Crippen LogP contribution in [0.2, 0.25) is 0 Å². The van der Waals surface area contributed by atoms with E-state index in [1.807, 2.05) is 32.9 Å². The Kier molecular flexibility index (Phi) is 7.42. The zero-order chi connectivity index (χ0) is 21.6. The average molecular weight is 398 g/mol. The number of carbonyl (C=O) groups is 2. The highest BCUT2D eigenvalue weighted by molar-refractivity contribution is 6.00. The van der Waals surface area contributed by atoms with Crippen LogP contribution in [0.15, 0.2) is 30.3 Å². The van der Waals surface area contributed by atoms with Crippen LogP contribution in [0.25, 0.3) is 6.08 Å². The molecule has 0 unspecified atom stereocenters. The smallest absolute Gasteiger partial charge is 0.331 e. The van der Waals surface area contributed by atoms with Gasteiger partial charge in [-0.15, -0.1) is 0 Å². The summed E-state index contributed by atoms with van der Waals surface area (Å²) in [6, 6.07) is 7.12. The molecule has 0 aliphatic heterocycles. The van der Waals surface area contributed by atoms with E-state index in [0.717, 1.165) is 16.7 Å². The minimum absolute atomic E-state index is 0.240. The van der Waals surface area contributed by atoms with Gasteiger partial charge in [-0.05, 0) is 55.7 Å². The lowest BCUT2D eigenvalue weighted by atomic mass is 9.98. The molecule has 0 aliphatic rings. The Labute approximate surface area is 171 Å². The first kappa shape index (κ1) is 22.0. The number of methoxy groups -OCH3 is 3. The van der Waals surface area contributed by atoms with Crippen molar-refractivity contribution < 1.29 is 28.5 Å². The van der Waals surface area contributed by atoms with Crippen LogP contribution < -0.4 is 14.2 Å². The summed E-state index contributed by atoms with van der Waals surface area (Å²) >= 11 is 0. The average Bonchev–Trinajstić information content (AvgIpc) is 2.72. The van der Waals surface area contributed by atoms with Gasteiger partial charge in [-0.25, -0.2) is 4.79 Å². The Bertz CT molecular complexity index is 943. The molecule has 0 N–H and O–H groups in total. The predicted molar refractivity (Wildman–Crippen MR) is 111 cm³/mol. The van der Waals surface area contributed by atoms with E-state index >= 15 is 0 Å². The van der Waals surface area contributed by atoms with Crippen molar-refractivity contribution in [1.82, 2.24) is 0 Å². The first-order valence-electron chi connectivity index (χ1n) is 9.06. The summed E-state index contributed by atoms with van der Waals surface area (Å²) in [6.45, 7) is 5.47. The quantitative estimate of drug-likeness (QED) is 0.379. The molecule has 2 aromatic rings. The Morgan fingerprint density at radius 1 is 0.793 bits per heavy atom. The SMILES string of the molecule is COc1cc(OC)c(OC)cc1/C=C/C(=O)OCC(=O)c1cc(C)c(C)cc1C. The van der Waals surface area contributed by atoms with E-state index in [-0.39, 0.29) is 12.4 Å². The summed E-state index contributed by atoms with van der Waals surface area (Å²) in [7, 11) is 4.56. The molecule has 0 amide bonds. The van der Waals surface area contributed by atoms with E-state index in [4.69, 9.17) is 18.9 Å². The molecular formula is C23H26O6. The van der Waals surface area contributed by atoms with Crippen molar-refractivity contribution in [3.05, 3.63) is 58.2 Å². The highest BCUT2D eigenvalue weighted by Crippen LogP contribution is 2.35. The van der Waals surface area contributed by atoms with Gasteiger partial charge < -0.3 is 18.9 Å². The van der Waals surface area contributed by atoms with Crippen molar-refractivity contribution in [2.45, 2.75) is 20.8 Å². The van der Waals surface area contributed by atoms with Gasteiger partial charge in [0.1, 0.15) is 5.75 Å². The van der Waals surface area contributed by atoms with Gasteiger partial charge >= 0.3 is 5.97 Å². The standard InChI is InChI=1S/C23H26O6/c1-14-9-16(3)18(10-15(14)2)19(24)13-29-23(25)8-7-17-11-21(27-5)22(28-6)12-20(17)26-4/h7-12H,13H2,1-6H3/b8-7+. The summed E-state index contributed by atoms with van der Waals surface area (Å²) in [5.41, 5.74) is 4.16. The molecule has 0 heterocycles. The third-order valence-electron chi connectivity index (χ3n) is 4.62. The van der Waals surface area contributed by atoms with E-state index in [2.05, 4.69) is 0 Å². The molecule has 0 saturated carbocycles. The van der Waals surface area contributed by atoms with Crippen LogP contribution in [0.3, 0.4) is 0 Å². The molecular weight excluding hydrogens is 372 g/mol. The van der Waals surface area contributed by atoms with E-state index in [1.165, 1.54) is 33.5 Å². The summed E-state index contributed by atoms with van der Waals surface area (Å²) < 4.78 is 20.9. The Morgan fingerprint density at radius 2 is 1.38 bits per heavy atom. The monoisotopic (exact) mass is 398 g/mol. The number of Topliss-reactive ketones (excluding diaryl/α,β-unsaturated/α-hetero) is 1. The normalized spacial score (nSPS) is 10.7.